The molecule has 1 aromatic rings. The average Bonchev–Trinajstić information content (AvgIpc) is 2.58. The Kier molecular flexibility index (Phi) is 5.79. The summed E-state index contributed by atoms with van der Waals surface area (Å²) in [6, 6.07) is 3.99. The minimum Gasteiger partial charge on any atom is -0.481 e. The van der Waals surface area contributed by atoms with Crippen LogP contribution >= 0.6 is 11.6 Å². The van der Waals surface area contributed by atoms with Crippen LogP contribution in [0.1, 0.15) is 44.9 Å². The maximum absolute atomic E-state index is 12.5. The Bertz CT molecular complexity index is 677. The third kappa shape index (κ3) is 5.21. The van der Waals surface area contributed by atoms with E-state index in [4.69, 9.17) is 16.7 Å². The number of aliphatic carboxylic acids is 1. The van der Waals surface area contributed by atoms with Gasteiger partial charge in [-0.25, -0.2) is 0 Å². The van der Waals surface area contributed by atoms with Gasteiger partial charge >= 0.3 is 12.3 Å². The molecule has 4 nitrogen and oxygen atoms in total. The van der Waals surface area contributed by atoms with Crippen molar-refractivity contribution in [2.75, 3.05) is 18.0 Å². The third-order valence-electron chi connectivity index (χ3n) is 5.95. The molecule has 1 aliphatic carbocycles. The fourth-order valence-corrected chi connectivity index (χ4v) is 4.63. The van der Waals surface area contributed by atoms with E-state index in [0.717, 1.165) is 51.6 Å². The van der Waals surface area contributed by atoms with Crippen LogP contribution in [0.4, 0.5) is 18.9 Å². The van der Waals surface area contributed by atoms with Gasteiger partial charge in [-0.1, -0.05) is 11.6 Å². The number of ether oxygens (including phenoxy) is 1. The number of carbonyl (C=O) groups is 1. The van der Waals surface area contributed by atoms with Crippen LogP contribution < -0.4 is 9.64 Å². The number of hydrogen-bond donors (Lipinski definition) is 1. The second kappa shape index (κ2) is 7.78. The van der Waals surface area contributed by atoms with Crippen molar-refractivity contribution in [3.8, 4) is 5.75 Å². The third-order valence-corrected chi connectivity index (χ3v) is 6.26. The van der Waals surface area contributed by atoms with Gasteiger partial charge in [0.1, 0.15) is 5.75 Å². The first-order valence-corrected chi connectivity index (χ1v) is 9.56. The zero-order chi connectivity index (χ0) is 19.7. The molecule has 1 saturated heterocycles. The second-order valence-corrected chi connectivity index (χ2v) is 8.10. The Morgan fingerprint density at radius 3 is 2.41 bits per heavy atom. The summed E-state index contributed by atoms with van der Waals surface area (Å²) in [6.45, 7) is 1.44. The van der Waals surface area contributed by atoms with Crippen molar-refractivity contribution in [1.82, 2.24) is 0 Å². The molecule has 0 amide bonds. The number of carboxylic acid groups (broad SMARTS) is 1. The Morgan fingerprint density at radius 2 is 1.85 bits per heavy atom. The van der Waals surface area contributed by atoms with Crippen molar-refractivity contribution in [1.29, 1.82) is 0 Å². The van der Waals surface area contributed by atoms with Gasteiger partial charge in [0.2, 0.25) is 0 Å². The lowest BCUT2D eigenvalue weighted by Crippen LogP contribution is -2.42. The number of benzene rings is 1. The van der Waals surface area contributed by atoms with Gasteiger partial charge in [0.05, 0.1) is 10.7 Å². The lowest BCUT2D eigenvalue weighted by Gasteiger charge is -2.46. The summed E-state index contributed by atoms with van der Waals surface area (Å²) in [4.78, 5) is 12.9. The Morgan fingerprint density at radius 1 is 1.22 bits per heavy atom. The van der Waals surface area contributed by atoms with Crippen molar-refractivity contribution in [2.45, 2.75) is 51.3 Å². The first-order chi connectivity index (χ1) is 12.7. The summed E-state index contributed by atoms with van der Waals surface area (Å²) in [5.74, 6) is -0.741. The molecule has 0 atom stereocenters. The predicted molar refractivity (Wildman–Crippen MR) is 96.2 cm³/mol. The number of hydrogen-bond acceptors (Lipinski definition) is 3. The number of carboxylic acids is 1. The number of piperidine rings is 1. The molecule has 1 saturated carbocycles. The maximum Gasteiger partial charge on any atom is 0.573 e. The topological polar surface area (TPSA) is 49.8 Å². The fourth-order valence-electron chi connectivity index (χ4n) is 4.39. The minimum atomic E-state index is -4.73. The fraction of sp³-hybridized carbons (Fsp3) is 0.632. The van der Waals surface area contributed by atoms with Gasteiger partial charge < -0.3 is 14.7 Å². The van der Waals surface area contributed by atoms with E-state index in [1.54, 1.807) is 0 Å². The van der Waals surface area contributed by atoms with Crippen LogP contribution in [0.5, 0.6) is 5.75 Å². The van der Waals surface area contributed by atoms with Crippen LogP contribution in [0.3, 0.4) is 0 Å². The predicted octanol–water partition coefficient (Wildman–Crippen LogP) is 5.49. The molecule has 1 spiro atoms. The maximum atomic E-state index is 12.5. The van der Waals surface area contributed by atoms with E-state index in [2.05, 4.69) is 4.74 Å². The van der Waals surface area contributed by atoms with E-state index in [1.807, 2.05) is 4.90 Å². The van der Waals surface area contributed by atoms with Gasteiger partial charge in [-0.05, 0) is 62.0 Å². The highest BCUT2D eigenvalue weighted by Crippen LogP contribution is 2.48. The molecule has 0 bridgehead atoms. The molecular formula is C19H23ClF3NO3. The Hall–Kier alpha value is -1.63. The lowest BCUT2D eigenvalue weighted by atomic mass is 9.65. The minimum absolute atomic E-state index is 0.220. The lowest BCUT2D eigenvalue weighted by molar-refractivity contribution is -0.274. The Labute approximate surface area is 161 Å². The number of alkyl halides is 3. The number of rotatable bonds is 4. The second-order valence-electron chi connectivity index (χ2n) is 7.69. The van der Waals surface area contributed by atoms with Gasteiger partial charge in [0.15, 0.2) is 0 Å². The molecule has 1 aromatic carbocycles. The summed E-state index contributed by atoms with van der Waals surface area (Å²) >= 11 is 6.21. The molecule has 1 N–H and O–H groups in total. The van der Waals surface area contributed by atoms with Gasteiger partial charge in [0.25, 0.3) is 0 Å². The molecule has 0 unspecified atom stereocenters. The molecule has 8 heteroatoms. The molecule has 150 valence electrons. The van der Waals surface area contributed by atoms with Crippen LogP contribution in [0.25, 0.3) is 0 Å². The van der Waals surface area contributed by atoms with E-state index in [-0.39, 0.29) is 23.5 Å². The zero-order valence-corrected chi connectivity index (χ0v) is 15.7. The van der Waals surface area contributed by atoms with Crippen LogP contribution in [-0.2, 0) is 4.79 Å². The van der Waals surface area contributed by atoms with Crippen molar-refractivity contribution in [2.24, 2.45) is 11.3 Å². The van der Waals surface area contributed by atoms with Gasteiger partial charge in [-0.2, -0.15) is 0 Å². The molecule has 2 aliphatic rings. The van der Waals surface area contributed by atoms with E-state index in [0.29, 0.717) is 10.7 Å². The monoisotopic (exact) mass is 405 g/mol. The zero-order valence-electron chi connectivity index (χ0n) is 14.9. The molecular weight excluding hydrogens is 383 g/mol. The number of anilines is 1. The first kappa shape index (κ1) is 20.1. The van der Waals surface area contributed by atoms with Crippen molar-refractivity contribution in [3.63, 3.8) is 0 Å². The quantitative estimate of drug-likeness (QED) is 0.719. The van der Waals surface area contributed by atoms with E-state index in [1.165, 1.54) is 18.2 Å². The van der Waals surface area contributed by atoms with Crippen molar-refractivity contribution in [3.05, 3.63) is 23.2 Å². The number of nitrogens with zero attached hydrogens (tertiary/aromatic N) is 1. The highest BCUT2D eigenvalue weighted by Gasteiger charge is 2.39. The smallest absolute Gasteiger partial charge is 0.481 e. The summed E-state index contributed by atoms with van der Waals surface area (Å²) in [5, 5.41) is 9.36. The number of halogens is 4. The molecule has 1 heterocycles. The first-order valence-electron chi connectivity index (χ1n) is 9.18. The highest BCUT2D eigenvalue weighted by molar-refractivity contribution is 6.33. The van der Waals surface area contributed by atoms with Crippen LogP contribution in [0, 0.1) is 11.3 Å². The summed E-state index contributed by atoms with van der Waals surface area (Å²) < 4.78 is 41.4. The molecule has 1 aliphatic heterocycles. The largest absolute Gasteiger partial charge is 0.573 e. The molecule has 0 radical (unpaired) electrons. The van der Waals surface area contributed by atoms with Crippen LogP contribution in [-0.4, -0.2) is 30.5 Å². The summed E-state index contributed by atoms with van der Waals surface area (Å²) in [6.07, 6.45) is 1.29. The van der Waals surface area contributed by atoms with E-state index >= 15 is 0 Å². The molecule has 3 rings (SSSR count). The highest BCUT2D eigenvalue weighted by atomic mass is 35.5. The molecule has 0 aromatic heterocycles. The van der Waals surface area contributed by atoms with Gasteiger partial charge in [-0.3, -0.25) is 4.79 Å². The van der Waals surface area contributed by atoms with E-state index in [9.17, 15) is 18.0 Å². The molecule has 2 fully saturated rings. The average molecular weight is 406 g/mol. The summed E-state index contributed by atoms with van der Waals surface area (Å²) in [7, 11) is 0. The Balaban J connectivity index is 1.61. The van der Waals surface area contributed by atoms with Crippen LogP contribution in [0.15, 0.2) is 18.2 Å². The van der Waals surface area contributed by atoms with Crippen molar-refractivity contribution >= 4 is 23.3 Å². The normalized spacial score (nSPS) is 20.7. The van der Waals surface area contributed by atoms with Crippen molar-refractivity contribution < 1.29 is 27.8 Å². The van der Waals surface area contributed by atoms with Gasteiger partial charge in [0, 0.05) is 25.6 Å². The van der Waals surface area contributed by atoms with Crippen LogP contribution in [0.2, 0.25) is 5.02 Å². The van der Waals surface area contributed by atoms with E-state index < -0.39 is 12.3 Å². The summed E-state index contributed by atoms with van der Waals surface area (Å²) in [5.41, 5.74) is 0.783. The molecule has 27 heavy (non-hydrogen) atoms. The SMILES string of the molecule is O=C(O)CC1CCC2(CC1)CCN(c1cc(OC(F)(F)F)ccc1Cl)CC2. The van der Waals surface area contributed by atoms with Gasteiger partial charge in [-0.15, -0.1) is 13.2 Å². The standard InChI is InChI=1S/C19H23ClF3NO3/c20-15-2-1-14(27-19(21,22)23)12-16(15)24-9-7-18(8-10-24)5-3-13(4-6-18)11-17(25)26/h1-2,12-13H,3-11H2,(H,25,26).